The number of nitrogen functional groups attached to an aromatic ring is 1. The van der Waals surface area contributed by atoms with Crippen molar-refractivity contribution in [3.8, 4) is 11.1 Å². The third-order valence-electron chi connectivity index (χ3n) is 3.31. The van der Waals surface area contributed by atoms with E-state index in [2.05, 4.69) is 19.1 Å². The summed E-state index contributed by atoms with van der Waals surface area (Å²) in [6.07, 6.45) is 0.834. The molecule has 112 valence electrons. The third-order valence-corrected chi connectivity index (χ3v) is 4.24. The molecule has 2 N–H and O–H groups in total. The van der Waals surface area contributed by atoms with Gasteiger partial charge in [-0.3, -0.25) is 0 Å². The number of carbonyl (C=O) groups excluding carboxylic acids is 1. The number of esters is 1. The lowest BCUT2D eigenvalue weighted by Crippen LogP contribution is -2.13. The third kappa shape index (κ3) is 3.27. The highest BCUT2D eigenvalue weighted by molar-refractivity contribution is 7.16. The van der Waals surface area contributed by atoms with Gasteiger partial charge in [0.15, 0.2) is 0 Å². The molecule has 0 radical (unpaired) electrons. The monoisotopic (exact) mass is 303 g/mol. The molecule has 0 aliphatic carbocycles. The van der Waals surface area contributed by atoms with Gasteiger partial charge in [-0.2, -0.15) is 0 Å². The molecule has 0 aliphatic rings. The van der Waals surface area contributed by atoms with Crippen molar-refractivity contribution < 1.29 is 9.53 Å². The Labute approximate surface area is 129 Å². The van der Waals surface area contributed by atoms with Crippen LogP contribution in [0.5, 0.6) is 0 Å². The van der Waals surface area contributed by atoms with Gasteiger partial charge in [-0.05, 0) is 38.3 Å². The molecule has 0 saturated carbocycles. The van der Waals surface area contributed by atoms with E-state index in [0.29, 0.717) is 10.6 Å². The molecule has 0 spiro atoms. The average Bonchev–Trinajstić information content (AvgIpc) is 2.73. The van der Waals surface area contributed by atoms with E-state index in [1.165, 1.54) is 16.9 Å². The Morgan fingerprint density at radius 2 is 1.90 bits per heavy atom. The molecular weight excluding hydrogens is 282 g/mol. The van der Waals surface area contributed by atoms with Crippen molar-refractivity contribution in [1.82, 2.24) is 0 Å². The highest BCUT2D eigenvalue weighted by Gasteiger charge is 2.23. The molecule has 1 aromatic heterocycles. The Kier molecular flexibility index (Phi) is 4.68. The van der Waals surface area contributed by atoms with Crippen LogP contribution in [-0.4, -0.2) is 12.1 Å². The Morgan fingerprint density at radius 1 is 1.29 bits per heavy atom. The van der Waals surface area contributed by atoms with Crippen LogP contribution in [0, 0.1) is 6.92 Å². The Morgan fingerprint density at radius 3 is 2.43 bits per heavy atom. The van der Waals surface area contributed by atoms with E-state index in [1.807, 2.05) is 32.9 Å². The molecule has 2 aromatic rings. The van der Waals surface area contributed by atoms with E-state index in [1.54, 1.807) is 0 Å². The lowest BCUT2D eigenvalue weighted by atomic mass is 9.99. The van der Waals surface area contributed by atoms with Crippen molar-refractivity contribution in [2.75, 3.05) is 5.73 Å². The quantitative estimate of drug-likeness (QED) is 0.850. The van der Waals surface area contributed by atoms with Gasteiger partial charge < -0.3 is 10.5 Å². The highest BCUT2D eigenvalue weighted by Crippen LogP contribution is 2.38. The maximum Gasteiger partial charge on any atom is 0.342 e. The van der Waals surface area contributed by atoms with Gasteiger partial charge in [0, 0.05) is 10.4 Å². The van der Waals surface area contributed by atoms with Crippen LogP contribution in [0.1, 0.15) is 41.6 Å². The van der Waals surface area contributed by atoms with E-state index in [9.17, 15) is 4.79 Å². The zero-order valence-electron chi connectivity index (χ0n) is 12.9. The first-order valence-electron chi connectivity index (χ1n) is 7.13. The van der Waals surface area contributed by atoms with Gasteiger partial charge in [0.05, 0.1) is 6.10 Å². The Bertz CT molecular complexity index is 642. The fourth-order valence-corrected chi connectivity index (χ4v) is 3.24. The first kappa shape index (κ1) is 15.6. The van der Waals surface area contributed by atoms with E-state index in [4.69, 9.17) is 10.5 Å². The van der Waals surface area contributed by atoms with Gasteiger partial charge in [-0.25, -0.2) is 4.79 Å². The smallest absolute Gasteiger partial charge is 0.342 e. The Balaban J connectivity index is 2.49. The second-order valence-electron chi connectivity index (χ2n) is 5.28. The van der Waals surface area contributed by atoms with Gasteiger partial charge in [0.2, 0.25) is 0 Å². The number of rotatable bonds is 4. The molecule has 0 unspecified atom stereocenters. The summed E-state index contributed by atoms with van der Waals surface area (Å²) in [6, 6.07) is 8.25. The van der Waals surface area contributed by atoms with Crippen LogP contribution in [0.3, 0.4) is 0 Å². The van der Waals surface area contributed by atoms with Gasteiger partial charge >= 0.3 is 5.97 Å². The predicted molar refractivity (Wildman–Crippen MR) is 88.8 cm³/mol. The van der Waals surface area contributed by atoms with Crippen molar-refractivity contribution in [2.24, 2.45) is 0 Å². The number of hydrogen-bond acceptors (Lipinski definition) is 4. The normalized spacial score (nSPS) is 10.9. The predicted octanol–water partition coefficient (Wildman–Crippen LogP) is 4.43. The second kappa shape index (κ2) is 6.31. The molecule has 21 heavy (non-hydrogen) atoms. The maximum atomic E-state index is 12.3. The molecule has 3 nitrogen and oxygen atoms in total. The lowest BCUT2D eigenvalue weighted by Gasteiger charge is -2.10. The van der Waals surface area contributed by atoms with Crippen molar-refractivity contribution >= 4 is 22.3 Å². The zero-order valence-corrected chi connectivity index (χ0v) is 13.7. The summed E-state index contributed by atoms with van der Waals surface area (Å²) in [5.41, 5.74) is 9.70. The number of thiophene rings is 1. The van der Waals surface area contributed by atoms with E-state index >= 15 is 0 Å². The summed E-state index contributed by atoms with van der Waals surface area (Å²) in [5, 5.41) is 0.521. The van der Waals surface area contributed by atoms with Crippen LogP contribution in [-0.2, 0) is 11.2 Å². The molecule has 2 rings (SSSR count). The minimum absolute atomic E-state index is 0.160. The summed E-state index contributed by atoms with van der Waals surface area (Å²) in [6.45, 7) is 7.77. The molecule has 0 saturated heterocycles. The topological polar surface area (TPSA) is 52.3 Å². The van der Waals surface area contributed by atoms with Crippen molar-refractivity contribution in [1.29, 1.82) is 0 Å². The van der Waals surface area contributed by atoms with Crippen LogP contribution < -0.4 is 5.73 Å². The number of anilines is 1. The van der Waals surface area contributed by atoms with Gasteiger partial charge in [0.1, 0.15) is 10.6 Å². The van der Waals surface area contributed by atoms with Gasteiger partial charge in [-0.1, -0.05) is 31.2 Å². The van der Waals surface area contributed by atoms with E-state index < -0.39 is 0 Å². The van der Waals surface area contributed by atoms with E-state index in [0.717, 1.165) is 22.4 Å². The Hall–Kier alpha value is -1.81. The zero-order chi connectivity index (χ0) is 15.6. The van der Waals surface area contributed by atoms with Crippen LogP contribution in [0.15, 0.2) is 24.3 Å². The molecule has 1 aromatic carbocycles. The molecule has 0 fully saturated rings. The SMILES string of the molecule is CCc1ccc(-c2c(C)sc(N)c2C(=O)OC(C)C)cc1. The number of ether oxygens (including phenoxy) is 1. The summed E-state index contributed by atoms with van der Waals surface area (Å²) in [4.78, 5) is 13.3. The highest BCUT2D eigenvalue weighted by atomic mass is 32.1. The number of hydrogen-bond donors (Lipinski definition) is 1. The molecule has 4 heteroatoms. The number of nitrogens with two attached hydrogens (primary N) is 1. The second-order valence-corrected chi connectivity index (χ2v) is 6.53. The fourth-order valence-electron chi connectivity index (χ4n) is 2.30. The molecule has 0 atom stereocenters. The first-order chi connectivity index (χ1) is 9.93. The van der Waals surface area contributed by atoms with Crippen molar-refractivity contribution in [3.63, 3.8) is 0 Å². The average molecular weight is 303 g/mol. The molecule has 0 aliphatic heterocycles. The molecule has 1 heterocycles. The minimum atomic E-state index is -0.346. The summed E-state index contributed by atoms with van der Waals surface area (Å²) >= 11 is 1.43. The maximum absolute atomic E-state index is 12.3. The summed E-state index contributed by atoms with van der Waals surface area (Å²) in [5.74, 6) is -0.346. The fraction of sp³-hybridized carbons (Fsp3) is 0.353. The largest absolute Gasteiger partial charge is 0.459 e. The number of aryl methyl sites for hydroxylation is 2. The van der Waals surface area contributed by atoms with Crippen LogP contribution in [0.4, 0.5) is 5.00 Å². The number of benzene rings is 1. The van der Waals surface area contributed by atoms with Gasteiger partial charge in [0.25, 0.3) is 0 Å². The van der Waals surface area contributed by atoms with Crippen LogP contribution >= 0.6 is 11.3 Å². The first-order valence-corrected chi connectivity index (χ1v) is 7.94. The van der Waals surface area contributed by atoms with Crippen LogP contribution in [0.25, 0.3) is 11.1 Å². The van der Waals surface area contributed by atoms with Crippen molar-refractivity contribution in [3.05, 3.63) is 40.3 Å². The molecular formula is C17H21NO2S. The summed E-state index contributed by atoms with van der Waals surface area (Å²) in [7, 11) is 0. The van der Waals surface area contributed by atoms with Crippen LogP contribution in [0.2, 0.25) is 0 Å². The minimum Gasteiger partial charge on any atom is -0.459 e. The van der Waals surface area contributed by atoms with Gasteiger partial charge in [-0.15, -0.1) is 11.3 Å². The molecule has 0 amide bonds. The lowest BCUT2D eigenvalue weighted by molar-refractivity contribution is 0.0380. The standard InChI is InChI=1S/C17H21NO2S/c1-5-12-6-8-13(9-7-12)14-11(4)21-16(18)15(14)17(19)20-10(2)3/h6-10H,5,18H2,1-4H3. The van der Waals surface area contributed by atoms with E-state index in [-0.39, 0.29) is 12.1 Å². The number of carbonyl (C=O) groups is 1. The van der Waals surface area contributed by atoms with Crippen molar-refractivity contribution in [2.45, 2.75) is 40.2 Å². The summed E-state index contributed by atoms with van der Waals surface area (Å²) < 4.78 is 5.33. The molecule has 0 bridgehead atoms.